The molecule has 2 aliphatic rings. The number of fused-ring (bicyclic) bond motifs is 1. The predicted molar refractivity (Wildman–Crippen MR) is 129 cm³/mol. The number of carbonyl (C=O) groups excluding carboxylic acids is 1. The zero-order valence-electron chi connectivity index (χ0n) is 19.7. The number of aryl methyl sites for hydroxylation is 1. The summed E-state index contributed by atoms with van der Waals surface area (Å²) in [7, 11) is 0. The summed E-state index contributed by atoms with van der Waals surface area (Å²) in [4.78, 5) is 19.2. The van der Waals surface area contributed by atoms with Crippen LogP contribution in [-0.4, -0.2) is 38.4 Å². The molecule has 0 radical (unpaired) electrons. The van der Waals surface area contributed by atoms with Gasteiger partial charge in [-0.25, -0.2) is 9.37 Å². The lowest BCUT2D eigenvalue weighted by atomic mass is 9.79. The maximum Gasteiger partial charge on any atom is 0.224 e. The molecule has 0 saturated heterocycles. The fraction of sp³-hybridized carbons (Fsp3) is 0.423. The second kappa shape index (κ2) is 8.83. The van der Waals surface area contributed by atoms with Crippen LogP contribution in [-0.2, 0) is 11.3 Å². The lowest BCUT2D eigenvalue weighted by molar-refractivity contribution is -0.117. The highest BCUT2D eigenvalue weighted by Gasteiger charge is 2.47. The summed E-state index contributed by atoms with van der Waals surface area (Å²) in [6.45, 7) is 5.93. The molecule has 3 aromatic rings. The highest BCUT2D eigenvalue weighted by Crippen LogP contribution is 2.50. The van der Waals surface area contributed by atoms with E-state index >= 15 is 0 Å². The molecule has 2 N–H and O–H groups in total. The van der Waals surface area contributed by atoms with Crippen LogP contribution in [0.15, 0.2) is 42.7 Å². The van der Waals surface area contributed by atoms with E-state index in [4.69, 9.17) is 0 Å². The van der Waals surface area contributed by atoms with Gasteiger partial charge in [0.1, 0.15) is 11.6 Å². The molecule has 1 saturated carbocycles. The van der Waals surface area contributed by atoms with Crippen LogP contribution >= 0.6 is 0 Å². The zero-order valence-corrected chi connectivity index (χ0v) is 19.7. The Morgan fingerprint density at radius 2 is 2.03 bits per heavy atom. The molecule has 0 unspecified atom stereocenters. The number of hydrogen-bond donors (Lipinski definition) is 2. The van der Waals surface area contributed by atoms with E-state index in [9.17, 15) is 14.3 Å². The number of amides is 1. The number of nitrogens with zero attached hydrogens (tertiary/aromatic N) is 4. The van der Waals surface area contributed by atoms with Crippen molar-refractivity contribution in [2.24, 2.45) is 11.8 Å². The molecule has 1 fully saturated rings. The number of halogens is 1. The Kier molecular flexibility index (Phi) is 5.85. The van der Waals surface area contributed by atoms with E-state index in [0.717, 1.165) is 35.2 Å². The Balaban J connectivity index is 1.60. The van der Waals surface area contributed by atoms with Crippen molar-refractivity contribution >= 4 is 17.4 Å². The first-order chi connectivity index (χ1) is 16.4. The summed E-state index contributed by atoms with van der Waals surface area (Å²) in [5.41, 5.74) is 4.19. The highest BCUT2D eigenvalue weighted by molar-refractivity contribution is 5.94. The van der Waals surface area contributed by atoms with Crippen LogP contribution in [0.4, 0.5) is 15.9 Å². The third kappa shape index (κ3) is 4.07. The van der Waals surface area contributed by atoms with Crippen molar-refractivity contribution in [3.05, 3.63) is 59.8 Å². The second-order valence-corrected chi connectivity index (χ2v) is 9.45. The normalized spacial score (nSPS) is 21.9. The number of anilines is 2. The minimum Gasteiger partial charge on any atom is -0.394 e. The van der Waals surface area contributed by atoms with E-state index in [1.807, 2.05) is 23.2 Å². The van der Waals surface area contributed by atoms with Gasteiger partial charge in [0.05, 0.1) is 31.1 Å². The van der Waals surface area contributed by atoms with Crippen molar-refractivity contribution in [3.63, 3.8) is 0 Å². The molecule has 1 amide bonds. The fourth-order valence-electron chi connectivity index (χ4n) is 5.27. The monoisotopic (exact) mass is 463 g/mol. The van der Waals surface area contributed by atoms with Gasteiger partial charge in [0.15, 0.2) is 0 Å². The molecule has 0 bridgehead atoms. The van der Waals surface area contributed by atoms with Gasteiger partial charge in [-0.15, -0.1) is 0 Å². The zero-order chi connectivity index (χ0) is 24.0. The van der Waals surface area contributed by atoms with Crippen molar-refractivity contribution in [1.29, 1.82) is 0 Å². The molecule has 1 aliphatic carbocycles. The molecule has 1 aliphatic heterocycles. The number of hydrogen-bond acceptors (Lipinski definition) is 5. The number of rotatable bonds is 6. The number of aliphatic hydroxyl groups is 1. The molecule has 0 spiro atoms. The Bertz CT molecular complexity index is 1220. The SMILES string of the molecule is CC(=O)N1c2ccc(-c3cnn(CCO)c3)cc2[C@H](Nc2ccc(F)c(C)n2)[C@@H](C)[C@@H]1C1CC1. The van der Waals surface area contributed by atoms with Crippen LogP contribution in [0.2, 0.25) is 0 Å². The minimum atomic E-state index is -0.330. The van der Waals surface area contributed by atoms with Gasteiger partial charge in [0.2, 0.25) is 5.91 Å². The number of aliphatic hydroxyl groups excluding tert-OH is 1. The van der Waals surface area contributed by atoms with Crippen LogP contribution in [0.3, 0.4) is 0 Å². The van der Waals surface area contributed by atoms with Gasteiger partial charge < -0.3 is 15.3 Å². The Labute approximate surface area is 198 Å². The summed E-state index contributed by atoms with van der Waals surface area (Å²) >= 11 is 0. The lowest BCUT2D eigenvalue weighted by Crippen LogP contribution is -2.51. The van der Waals surface area contributed by atoms with Crippen LogP contribution in [0, 0.1) is 24.6 Å². The predicted octanol–water partition coefficient (Wildman–Crippen LogP) is 4.32. The Morgan fingerprint density at radius 3 is 2.71 bits per heavy atom. The molecule has 5 rings (SSSR count). The van der Waals surface area contributed by atoms with Crippen molar-refractivity contribution in [3.8, 4) is 11.1 Å². The second-order valence-electron chi connectivity index (χ2n) is 9.45. The lowest BCUT2D eigenvalue weighted by Gasteiger charge is -2.46. The van der Waals surface area contributed by atoms with E-state index in [1.165, 1.54) is 6.07 Å². The van der Waals surface area contributed by atoms with Gasteiger partial charge in [0, 0.05) is 36.3 Å². The molecular formula is C26H30FN5O2. The standard InChI is InChI=1S/C26H30FN5O2/c1-15-25(30-24-9-7-22(27)16(2)29-24)21-12-19(20-13-28-31(14-20)10-11-33)6-8-23(21)32(17(3)34)26(15)18-4-5-18/h6-9,12-15,18,25-26,33H,4-5,10-11H2,1-3H3,(H,29,30)/t15-,25-,26-/m1/s1. The first-order valence-electron chi connectivity index (χ1n) is 11.8. The first-order valence-corrected chi connectivity index (χ1v) is 11.8. The summed E-state index contributed by atoms with van der Waals surface area (Å²) < 4.78 is 15.6. The molecule has 178 valence electrons. The van der Waals surface area contributed by atoms with Gasteiger partial charge >= 0.3 is 0 Å². The largest absolute Gasteiger partial charge is 0.394 e. The van der Waals surface area contributed by atoms with Crippen molar-refractivity contribution in [2.45, 2.75) is 52.2 Å². The third-order valence-corrected chi connectivity index (χ3v) is 7.05. The quantitative estimate of drug-likeness (QED) is 0.569. The van der Waals surface area contributed by atoms with Gasteiger partial charge in [-0.05, 0) is 61.1 Å². The van der Waals surface area contributed by atoms with E-state index in [1.54, 1.807) is 30.8 Å². The van der Waals surface area contributed by atoms with Gasteiger partial charge in [-0.1, -0.05) is 13.0 Å². The molecule has 8 heteroatoms. The summed E-state index contributed by atoms with van der Waals surface area (Å²) in [5.74, 6) is 0.943. The van der Waals surface area contributed by atoms with Gasteiger partial charge in [-0.3, -0.25) is 9.48 Å². The third-order valence-electron chi connectivity index (χ3n) is 7.05. The number of nitrogens with one attached hydrogen (secondary N) is 1. The van der Waals surface area contributed by atoms with Crippen LogP contribution < -0.4 is 10.2 Å². The molecule has 3 heterocycles. The summed E-state index contributed by atoms with van der Waals surface area (Å²) in [6, 6.07) is 9.26. The van der Waals surface area contributed by atoms with Gasteiger partial charge in [0.25, 0.3) is 0 Å². The summed E-state index contributed by atoms with van der Waals surface area (Å²) in [5, 5.41) is 17.1. The van der Waals surface area contributed by atoms with Crippen molar-refractivity contribution < 1.29 is 14.3 Å². The molecular weight excluding hydrogens is 433 g/mol. The van der Waals surface area contributed by atoms with Gasteiger partial charge in [-0.2, -0.15) is 5.10 Å². The average Bonchev–Trinajstić information content (AvgIpc) is 3.54. The van der Waals surface area contributed by atoms with E-state index in [2.05, 4.69) is 28.4 Å². The van der Waals surface area contributed by atoms with E-state index < -0.39 is 0 Å². The van der Waals surface area contributed by atoms with E-state index in [0.29, 0.717) is 24.0 Å². The summed E-state index contributed by atoms with van der Waals surface area (Å²) in [6.07, 6.45) is 5.94. The Hall–Kier alpha value is -3.26. The van der Waals surface area contributed by atoms with E-state index in [-0.39, 0.29) is 36.3 Å². The number of pyridine rings is 1. The molecule has 1 aromatic carbocycles. The number of carbonyl (C=O) groups is 1. The van der Waals surface area contributed by atoms with Crippen LogP contribution in [0.5, 0.6) is 0 Å². The molecule has 3 atom stereocenters. The minimum absolute atomic E-state index is 0.0228. The van der Waals surface area contributed by atoms with Crippen LogP contribution in [0.25, 0.3) is 11.1 Å². The smallest absolute Gasteiger partial charge is 0.224 e. The topological polar surface area (TPSA) is 83.3 Å². The van der Waals surface area contributed by atoms with Crippen molar-refractivity contribution in [2.75, 3.05) is 16.8 Å². The van der Waals surface area contributed by atoms with Crippen molar-refractivity contribution in [1.82, 2.24) is 14.8 Å². The van der Waals surface area contributed by atoms with Crippen LogP contribution in [0.1, 0.15) is 44.0 Å². The highest BCUT2D eigenvalue weighted by atomic mass is 19.1. The average molecular weight is 464 g/mol. The fourth-order valence-corrected chi connectivity index (χ4v) is 5.27. The molecule has 7 nitrogen and oxygen atoms in total. The maximum absolute atomic E-state index is 13.8. The Morgan fingerprint density at radius 1 is 1.24 bits per heavy atom. The first kappa shape index (κ1) is 22.5. The maximum atomic E-state index is 13.8. The molecule has 2 aromatic heterocycles. The number of aromatic nitrogens is 3. The molecule has 34 heavy (non-hydrogen) atoms. The number of benzene rings is 1.